The van der Waals surface area contributed by atoms with Gasteiger partial charge in [-0.2, -0.15) is 11.8 Å². The van der Waals surface area contributed by atoms with Gasteiger partial charge in [-0.3, -0.25) is 9.69 Å². The summed E-state index contributed by atoms with van der Waals surface area (Å²) in [5.41, 5.74) is 0. The van der Waals surface area contributed by atoms with Gasteiger partial charge in [-0.15, -0.1) is 10.2 Å². The molecule has 20 heavy (non-hydrogen) atoms. The highest BCUT2D eigenvalue weighted by Gasteiger charge is 2.27. The molecule has 0 bridgehead atoms. The van der Waals surface area contributed by atoms with Gasteiger partial charge in [0, 0.05) is 43.7 Å². The molecule has 0 atom stereocenters. The lowest BCUT2D eigenvalue weighted by molar-refractivity contribution is -0.133. The highest BCUT2D eigenvalue weighted by Crippen LogP contribution is 2.20. The minimum Gasteiger partial charge on any atom is -0.341 e. The fraction of sp³-hybridized carbons (Fsp3) is 0.769. The molecule has 2 saturated heterocycles. The average molecular weight is 295 g/mol. The first-order chi connectivity index (χ1) is 9.83. The van der Waals surface area contributed by atoms with Gasteiger partial charge in [-0.05, 0) is 12.8 Å². The minimum absolute atomic E-state index is 0.178. The van der Waals surface area contributed by atoms with Crippen LogP contribution in [0.2, 0.25) is 0 Å². The molecule has 0 radical (unpaired) electrons. The van der Waals surface area contributed by atoms with E-state index in [0.29, 0.717) is 12.6 Å². The summed E-state index contributed by atoms with van der Waals surface area (Å²) >= 11 is 2.05. The molecule has 2 fully saturated rings. The Bertz CT molecular complexity index is 424. The number of hydrogen-bond donors (Lipinski definition) is 0. The Morgan fingerprint density at radius 1 is 1.10 bits per heavy atom. The number of carbonyl (C=O) groups excluding carboxylic acids is 1. The normalized spacial score (nSPS) is 22.1. The van der Waals surface area contributed by atoms with Crippen molar-refractivity contribution in [3.8, 4) is 0 Å². The second-order valence-electron chi connectivity index (χ2n) is 5.39. The Kier molecular flexibility index (Phi) is 4.57. The van der Waals surface area contributed by atoms with E-state index in [2.05, 4.69) is 15.1 Å². The molecule has 0 N–H and O–H groups in total. The van der Waals surface area contributed by atoms with E-state index in [4.69, 9.17) is 0 Å². The van der Waals surface area contributed by atoms with Crippen molar-refractivity contribution in [1.82, 2.24) is 24.6 Å². The molecule has 1 aromatic heterocycles. The van der Waals surface area contributed by atoms with E-state index in [1.165, 1.54) is 24.6 Å². The van der Waals surface area contributed by atoms with Crippen molar-refractivity contribution in [3.63, 3.8) is 0 Å². The van der Waals surface area contributed by atoms with Crippen molar-refractivity contribution in [2.24, 2.45) is 0 Å². The van der Waals surface area contributed by atoms with Gasteiger partial charge in [0.2, 0.25) is 5.91 Å². The highest BCUT2D eigenvalue weighted by atomic mass is 32.2. The summed E-state index contributed by atoms with van der Waals surface area (Å²) in [6.07, 6.45) is 5.41. The molecular formula is C13H21N5OS. The van der Waals surface area contributed by atoms with E-state index in [1.807, 2.05) is 16.7 Å². The number of piperidine rings is 1. The monoisotopic (exact) mass is 295 g/mol. The van der Waals surface area contributed by atoms with Crippen molar-refractivity contribution in [3.05, 3.63) is 12.7 Å². The summed E-state index contributed by atoms with van der Waals surface area (Å²) in [5, 5.41) is 7.45. The van der Waals surface area contributed by atoms with Crippen LogP contribution in [0, 0.1) is 0 Å². The van der Waals surface area contributed by atoms with Gasteiger partial charge in [0.15, 0.2) is 0 Å². The standard InChI is InChI=1S/C13H21N5OS/c19-13(9-16-10-14-15-11-16)18-3-1-12(2-4-18)17-5-7-20-8-6-17/h10-12H,1-9H2. The number of aromatic nitrogens is 3. The van der Waals surface area contributed by atoms with E-state index in [1.54, 1.807) is 17.2 Å². The van der Waals surface area contributed by atoms with Crippen LogP contribution in [0.5, 0.6) is 0 Å². The van der Waals surface area contributed by atoms with Crippen molar-refractivity contribution in [1.29, 1.82) is 0 Å². The van der Waals surface area contributed by atoms with Crippen LogP contribution in [0.4, 0.5) is 0 Å². The molecule has 1 amide bonds. The SMILES string of the molecule is O=C(Cn1cnnc1)N1CCC(N2CCSCC2)CC1. The second kappa shape index (κ2) is 6.58. The van der Waals surface area contributed by atoms with E-state index in [0.717, 1.165) is 25.9 Å². The predicted octanol–water partition coefficient (Wildman–Crippen LogP) is 0.318. The van der Waals surface area contributed by atoms with Gasteiger partial charge in [0.25, 0.3) is 0 Å². The van der Waals surface area contributed by atoms with Crippen LogP contribution in [-0.2, 0) is 11.3 Å². The number of hydrogen-bond acceptors (Lipinski definition) is 5. The van der Waals surface area contributed by atoms with E-state index < -0.39 is 0 Å². The summed E-state index contributed by atoms with van der Waals surface area (Å²) < 4.78 is 1.73. The maximum Gasteiger partial charge on any atom is 0.242 e. The molecule has 7 heteroatoms. The molecule has 3 rings (SSSR count). The zero-order valence-electron chi connectivity index (χ0n) is 11.6. The predicted molar refractivity (Wildman–Crippen MR) is 78.5 cm³/mol. The Morgan fingerprint density at radius 2 is 1.75 bits per heavy atom. The summed E-state index contributed by atoms with van der Waals surface area (Å²) in [6.45, 7) is 4.55. The Hall–Kier alpha value is -1.08. The van der Waals surface area contributed by atoms with Crippen molar-refractivity contribution < 1.29 is 4.79 Å². The molecule has 0 aromatic carbocycles. The number of nitrogens with zero attached hydrogens (tertiary/aromatic N) is 5. The third-order valence-electron chi connectivity index (χ3n) is 4.16. The van der Waals surface area contributed by atoms with Gasteiger partial charge >= 0.3 is 0 Å². The number of carbonyl (C=O) groups is 1. The van der Waals surface area contributed by atoms with Gasteiger partial charge in [-0.1, -0.05) is 0 Å². The van der Waals surface area contributed by atoms with Crippen LogP contribution in [0.3, 0.4) is 0 Å². The molecule has 0 aliphatic carbocycles. The molecule has 6 nitrogen and oxygen atoms in total. The Morgan fingerprint density at radius 3 is 2.40 bits per heavy atom. The van der Waals surface area contributed by atoms with E-state index in [9.17, 15) is 4.79 Å². The van der Waals surface area contributed by atoms with Crippen LogP contribution in [-0.4, -0.2) is 74.2 Å². The Labute approximate surface area is 123 Å². The summed E-state index contributed by atoms with van der Waals surface area (Å²) in [4.78, 5) is 16.8. The van der Waals surface area contributed by atoms with E-state index in [-0.39, 0.29) is 5.91 Å². The molecule has 0 saturated carbocycles. The van der Waals surface area contributed by atoms with Crippen molar-refractivity contribution >= 4 is 17.7 Å². The maximum absolute atomic E-state index is 12.2. The van der Waals surface area contributed by atoms with Gasteiger partial charge in [0.05, 0.1) is 0 Å². The molecule has 2 aliphatic rings. The lowest BCUT2D eigenvalue weighted by Gasteiger charge is -2.40. The molecule has 0 spiro atoms. The smallest absolute Gasteiger partial charge is 0.242 e. The lowest BCUT2D eigenvalue weighted by atomic mass is 10.0. The molecular weight excluding hydrogens is 274 g/mol. The van der Waals surface area contributed by atoms with Crippen LogP contribution >= 0.6 is 11.8 Å². The fourth-order valence-corrected chi connectivity index (χ4v) is 3.91. The Balaban J connectivity index is 1.46. The lowest BCUT2D eigenvalue weighted by Crippen LogP contribution is -2.49. The number of rotatable bonds is 3. The fourth-order valence-electron chi connectivity index (χ4n) is 2.98. The van der Waals surface area contributed by atoms with Gasteiger partial charge in [-0.25, -0.2) is 0 Å². The van der Waals surface area contributed by atoms with Crippen LogP contribution in [0.15, 0.2) is 12.7 Å². The van der Waals surface area contributed by atoms with E-state index >= 15 is 0 Å². The average Bonchev–Trinajstić information content (AvgIpc) is 3.01. The van der Waals surface area contributed by atoms with Crippen molar-refractivity contribution in [2.75, 3.05) is 37.7 Å². The first-order valence-corrected chi connectivity index (χ1v) is 8.40. The number of thioether (sulfide) groups is 1. The van der Waals surface area contributed by atoms with Crippen LogP contribution in [0.25, 0.3) is 0 Å². The molecule has 0 unspecified atom stereocenters. The third kappa shape index (κ3) is 3.32. The van der Waals surface area contributed by atoms with Gasteiger partial charge < -0.3 is 9.47 Å². The molecule has 110 valence electrons. The topological polar surface area (TPSA) is 54.3 Å². The number of likely N-dealkylation sites (tertiary alicyclic amines) is 1. The summed E-state index contributed by atoms with van der Waals surface area (Å²) in [5.74, 6) is 2.69. The third-order valence-corrected chi connectivity index (χ3v) is 5.11. The maximum atomic E-state index is 12.2. The van der Waals surface area contributed by atoms with Crippen molar-refractivity contribution in [2.45, 2.75) is 25.4 Å². The van der Waals surface area contributed by atoms with Gasteiger partial charge in [0.1, 0.15) is 19.2 Å². The highest BCUT2D eigenvalue weighted by molar-refractivity contribution is 7.99. The van der Waals surface area contributed by atoms with Crippen LogP contribution in [0.1, 0.15) is 12.8 Å². The largest absolute Gasteiger partial charge is 0.341 e. The number of amides is 1. The quantitative estimate of drug-likeness (QED) is 0.804. The zero-order chi connectivity index (χ0) is 13.8. The molecule has 3 heterocycles. The molecule has 1 aromatic rings. The minimum atomic E-state index is 0.178. The molecule has 2 aliphatic heterocycles. The first kappa shape index (κ1) is 13.9. The zero-order valence-corrected chi connectivity index (χ0v) is 12.5. The summed E-state index contributed by atoms with van der Waals surface area (Å²) in [6, 6.07) is 0.676. The second-order valence-corrected chi connectivity index (χ2v) is 6.62. The first-order valence-electron chi connectivity index (χ1n) is 7.25. The summed E-state index contributed by atoms with van der Waals surface area (Å²) in [7, 11) is 0. The van der Waals surface area contributed by atoms with Crippen LogP contribution < -0.4 is 0 Å².